The summed E-state index contributed by atoms with van der Waals surface area (Å²) in [6, 6.07) is 8.94. The Morgan fingerprint density at radius 1 is 1.31 bits per heavy atom. The van der Waals surface area contributed by atoms with Gasteiger partial charge in [0.25, 0.3) is 0 Å². The molecule has 1 aliphatic carbocycles. The molecular formula is C14H21NO. The van der Waals surface area contributed by atoms with Crippen molar-refractivity contribution in [3.8, 4) is 0 Å². The second-order valence-corrected chi connectivity index (χ2v) is 4.70. The zero-order valence-electron chi connectivity index (χ0n) is 9.99. The van der Waals surface area contributed by atoms with Crippen molar-refractivity contribution >= 4 is 0 Å². The molecule has 0 amide bonds. The first-order valence-corrected chi connectivity index (χ1v) is 6.14. The second kappa shape index (κ2) is 5.46. The van der Waals surface area contributed by atoms with E-state index in [0.717, 1.165) is 13.0 Å². The Kier molecular flexibility index (Phi) is 3.97. The van der Waals surface area contributed by atoms with Crippen molar-refractivity contribution in [3.63, 3.8) is 0 Å². The molecule has 0 radical (unpaired) electrons. The molecule has 0 aromatic heterocycles. The fraction of sp³-hybridized carbons (Fsp3) is 0.571. The van der Waals surface area contributed by atoms with E-state index in [1.54, 1.807) is 7.11 Å². The number of hydrogen-bond acceptors (Lipinski definition) is 2. The van der Waals surface area contributed by atoms with Crippen LogP contribution in [0, 0.1) is 5.92 Å². The van der Waals surface area contributed by atoms with Crippen LogP contribution in [0.1, 0.15) is 36.4 Å². The van der Waals surface area contributed by atoms with Crippen molar-refractivity contribution in [3.05, 3.63) is 35.4 Å². The maximum atomic E-state index is 6.23. The lowest BCUT2D eigenvalue weighted by Crippen LogP contribution is -2.26. The molecule has 1 aromatic carbocycles. The van der Waals surface area contributed by atoms with Crippen LogP contribution in [-0.2, 0) is 11.2 Å². The van der Waals surface area contributed by atoms with Gasteiger partial charge in [0, 0.05) is 13.2 Å². The van der Waals surface area contributed by atoms with Crippen molar-refractivity contribution in [2.75, 3.05) is 13.7 Å². The Balaban J connectivity index is 1.95. The van der Waals surface area contributed by atoms with Gasteiger partial charge in [-0.15, -0.1) is 0 Å². The highest BCUT2D eigenvalue weighted by Gasteiger charge is 2.25. The third-order valence-corrected chi connectivity index (χ3v) is 3.62. The Hall–Kier alpha value is -0.860. The minimum Gasteiger partial charge on any atom is -0.384 e. The van der Waals surface area contributed by atoms with E-state index < -0.39 is 0 Å². The predicted molar refractivity (Wildman–Crippen MR) is 66.3 cm³/mol. The minimum absolute atomic E-state index is 0.241. The normalized spacial score (nSPS) is 18.1. The average Bonchev–Trinajstić information content (AvgIpc) is 2.24. The van der Waals surface area contributed by atoms with E-state index in [0.29, 0.717) is 5.92 Å². The maximum Gasteiger partial charge on any atom is 0.0502 e. The van der Waals surface area contributed by atoms with Gasteiger partial charge in [0.2, 0.25) is 0 Å². The fourth-order valence-electron chi connectivity index (χ4n) is 2.20. The lowest BCUT2D eigenvalue weighted by Gasteiger charge is -2.31. The number of hydrogen-bond donors (Lipinski definition) is 1. The highest BCUT2D eigenvalue weighted by molar-refractivity contribution is 5.25. The number of benzene rings is 1. The average molecular weight is 219 g/mol. The molecule has 1 fully saturated rings. The molecule has 1 aliphatic rings. The van der Waals surface area contributed by atoms with Crippen LogP contribution >= 0.6 is 0 Å². The summed E-state index contributed by atoms with van der Waals surface area (Å²) in [5.41, 5.74) is 8.83. The van der Waals surface area contributed by atoms with Crippen LogP contribution < -0.4 is 5.73 Å². The van der Waals surface area contributed by atoms with Crippen molar-refractivity contribution in [2.24, 2.45) is 11.7 Å². The molecule has 0 spiro atoms. The summed E-state index contributed by atoms with van der Waals surface area (Å²) in [4.78, 5) is 0. The van der Waals surface area contributed by atoms with Gasteiger partial charge >= 0.3 is 0 Å². The summed E-state index contributed by atoms with van der Waals surface area (Å²) in [6.45, 7) is 0.786. The van der Waals surface area contributed by atoms with Gasteiger partial charge in [-0.1, -0.05) is 30.7 Å². The van der Waals surface area contributed by atoms with Gasteiger partial charge in [-0.05, 0) is 36.3 Å². The van der Waals surface area contributed by atoms with Crippen LogP contribution in [-0.4, -0.2) is 13.7 Å². The van der Waals surface area contributed by atoms with E-state index in [-0.39, 0.29) is 6.04 Å². The molecule has 1 atom stereocenters. The lowest BCUT2D eigenvalue weighted by atomic mass is 9.77. The molecule has 1 aromatic rings. The van der Waals surface area contributed by atoms with E-state index in [2.05, 4.69) is 24.3 Å². The molecule has 2 N–H and O–H groups in total. The summed E-state index contributed by atoms with van der Waals surface area (Å²) in [5, 5.41) is 0. The van der Waals surface area contributed by atoms with E-state index in [9.17, 15) is 0 Å². The molecule has 16 heavy (non-hydrogen) atoms. The molecule has 2 heteroatoms. The van der Waals surface area contributed by atoms with Crippen molar-refractivity contribution in [1.29, 1.82) is 0 Å². The van der Waals surface area contributed by atoms with Gasteiger partial charge < -0.3 is 10.5 Å². The minimum atomic E-state index is 0.241. The third kappa shape index (κ3) is 2.63. The van der Waals surface area contributed by atoms with E-state index in [1.165, 1.54) is 30.4 Å². The summed E-state index contributed by atoms with van der Waals surface area (Å²) < 4.78 is 5.06. The van der Waals surface area contributed by atoms with Crippen LogP contribution in [0.2, 0.25) is 0 Å². The second-order valence-electron chi connectivity index (χ2n) is 4.70. The van der Waals surface area contributed by atoms with Crippen molar-refractivity contribution in [1.82, 2.24) is 0 Å². The topological polar surface area (TPSA) is 35.2 Å². The number of nitrogens with two attached hydrogens (primary N) is 1. The zero-order chi connectivity index (χ0) is 11.4. The first-order chi connectivity index (χ1) is 7.81. The Morgan fingerprint density at radius 3 is 2.50 bits per heavy atom. The largest absolute Gasteiger partial charge is 0.384 e. The Bertz CT molecular complexity index is 316. The Labute approximate surface area is 97.8 Å². The quantitative estimate of drug-likeness (QED) is 0.826. The fourth-order valence-corrected chi connectivity index (χ4v) is 2.20. The molecule has 1 unspecified atom stereocenters. The number of rotatable bonds is 5. The summed E-state index contributed by atoms with van der Waals surface area (Å²) >= 11 is 0. The van der Waals surface area contributed by atoms with E-state index >= 15 is 0 Å². The van der Waals surface area contributed by atoms with Gasteiger partial charge in [-0.2, -0.15) is 0 Å². The number of ether oxygens (including phenoxy) is 1. The smallest absolute Gasteiger partial charge is 0.0502 e. The SMILES string of the molecule is COCCc1ccc(C(N)C2CCC2)cc1. The third-order valence-electron chi connectivity index (χ3n) is 3.62. The standard InChI is InChI=1S/C14H21NO/c1-16-10-9-11-5-7-13(8-6-11)14(15)12-3-2-4-12/h5-8,12,14H,2-4,9-10,15H2,1H3. The maximum absolute atomic E-state index is 6.23. The molecule has 88 valence electrons. The van der Waals surface area contributed by atoms with Gasteiger partial charge in [0.1, 0.15) is 0 Å². The van der Waals surface area contributed by atoms with Crippen LogP contribution in [0.15, 0.2) is 24.3 Å². The monoisotopic (exact) mass is 219 g/mol. The van der Waals surface area contributed by atoms with E-state index in [1.807, 2.05) is 0 Å². The first kappa shape index (κ1) is 11.6. The van der Waals surface area contributed by atoms with Gasteiger partial charge in [-0.3, -0.25) is 0 Å². The van der Waals surface area contributed by atoms with Crippen molar-refractivity contribution in [2.45, 2.75) is 31.7 Å². The molecule has 0 aliphatic heterocycles. The van der Waals surface area contributed by atoms with E-state index in [4.69, 9.17) is 10.5 Å². The molecule has 0 bridgehead atoms. The van der Waals surface area contributed by atoms with Gasteiger partial charge in [-0.25, -0.2) is 0 Å². The van der Waals surface area contributed by atoms with Crippen LogP contribution in [0.3, 0.4) is 0 Å². The van der Waals surface area contributed by atoms with Gasteiger partial charge in [0.15, 0.2) is 0 Å². The molecule has 1 saturated carbocycles. The summed E-state index contributed by atoms with van der Waals surface area (Å²) in [5.74, 6) is 0.713. The summed E-state index contributed by atoms with van der Waals surface area (Å²) in [6.07, 6.45) is 4.93. The Morgan fingerprint density at radius 2 is 2.00 bits per heavy atom. The molecular weight excluding hydrogens is 198 g/mol. The van der Waals surface area contributed by atoms with Crippen LogP contribution in [0.5, 0.6) is 0 Å². The van der Waals surface area contributed by atoms with Crippen molar-refractivity contribution < 1.29 is 4.74 Å². The summed E-state index contributed by atoms with van der Waals surface area (Å²) in [7, 11) is 1.74. The van der Waals surface area contributed by atoms with Gasteiger partial charge in [0.05, 0.1) is 6.61 Å². The molecule has 0 heterocycles. The molecule has 2 nitrogen and oxygen atoms in total. The highest BCUT2D eigenvalue weighted by Crippen LogP contribution is 2.36. The molecule has 2 rings (SSSR count). The van der Waals surface area contributed by atoms with Crippen LogP contribution in [0.4, 0.5) is 0 Å². The molecule has 0 saturated heterocycles. The predicted octanol–water partition coefficient (Wildman–Crippen LogP) is 2.68. The lowest BCUT2D eigenvalue weighted by molar-refractivity contribution is 0.202. The van der Waals surface area contributed by atoms with Crippen LogP contribution in [0.25, 0.3) is 0 Å². The highest BCUT2D eigenvalue weighted by atomic mass is 16.5. The zero-order valence-corrected chi connectivity index (χ0v) is 9.99. The first-order valence-electron chi connectivity index (χ1n) is 6.14. The number of methoxy groups -OCH3 is 1.